The molecule has 1 saturated carbocycles. The van der Waals surface area contributed by atoms with Crippen molar-refractivity contribution in [1.82, 2.24) is 0 Å². The lowest BCUT2D eigenvalue weighted by molar-refractivity contribution is 0.242. The number of sulfone groups is 1. The van der Waals surface area contributed by atoms with Gasteiger partial charge in [0.1, 0.15) is 5.41 Å². The van der Waals surface area contributed by atoms with Gasteiger partial charge in [-0.1, -0.05) is 48.9 Å². The molecule has 0 aromatic heterocycles. The Balaban J connectivity index is 2.04. The summed E-state index contributed by atoms with van der Waals surface area (Å²) >= 11 is 0. The van der Waals surface area contributed by atoms with Crippen molar-refractivity contribution < 1.29 is 13.5 Å². The molecule has 3 unspecified atom stereocenters. The number of hydrogen-bond acceptors (Lipinski definition) is 4. The van der Waals surface area contributed by atoms with Crippen molar-refractivity contribution in [2.45, 2.75) is 36.3 Å². The van der Waals surface area contributed by atoms with Gasteiger partial charge >= 0.3 is 0 Å². The first-order chi connectivity index (χ1) is 11.9. The lowest BCUT2D eigenvalue weighted by Crippen LogP contribution is -2.18. The van der Waals surface area contributed by atoms with Crippen LogP contribution in [0.1, 0.15) is 29.5 Å². The number of aliphatic hydroxyl groups is 1. The molecule has 1 aliphatic rings. The fraction of sp³-hybridized carbons (Fsp3) is 0.350. The highest BCUT2D eigenvalue weighted by Gasteiger charge is 2.72. The molecule has 0 aliphatic heterocycles. The molecule has 2 aromatic carbocycles. The Morgan fingerprint density at radius 3 is 2.20 bits per heavy atom. The maximum Gasteiger partial charge on any atom is 0.183 e. The van der Waals surface area contributed by atoms with Crippen molar-refractivity contribution in [3.05, 3.63) is 65.2 Å². The van der Waals surface area contributed by atoms with Gasteiger partial charge in [-0.05, 0) is 36.6 Å². The lowest BCUT2D eigenvalue weighted by atomic mass is 10.00. The molecule has 1 fully saturated rings. The predicted molar refractivity (Wildman–Crippen MR) is 95.8 cm³/mol. The molecule has 0 heterocycles. The van der Waals surface area contributed by atoms with E-state index in [2.05, 4.69) is 6.07 Å². The van der Waals surface area contributed by atoms with Gasteiger partial charge in [-0.15, -0.1) is 0 Å². The van der Waals surface area contributed by atoms with Gasteiger partial charge in [-0.3, -0.25) is 0 Å². The molecule has 130 valence electrons. The highest BCUT2D eigenvalue weighted by molar-refractivity contribution is 7.92. The summed E-state index contributed by atoms with van der Waals surface area (Å²) in [6.45, 7) is 3.46. The van der Waals surface area contributed by atoms with Crippen LogP contribution in [0, 0.1) is 23.7 Å². The third-order valence-corrected chi connectivity index (χ3v) is 7.45. The van der Waals surface area contributed by atoms with E-state index < -0.39 is 33.0 Å². The number of nitriles is 1. The van der Waals surface area contributed by atoms with Crippen LogP contribution < -0.4 is 0 Å². The van der Waals surface area contributed by atoms with Gasteiger partial charge < -0.3 is 5.11 Å². The number of rotatable bonds is 5. The Labute approximate surface area is 148 Å². The van der Waals surface area contributed by atoms with E-state index >= 15 is 0 Å². The first kappa shape index (κ1) is 17.7. The first-order valence-electron chi connectivity index (χ1n) is 8.32. The van der Waals surface area contributed by atoms with Crippen molar-refractivity contribution in [2.75, 3.05) is 6.61 Å². The van der Waals surface area contributed by atoms with Gasteiger partial charge in [0.25, 0.3) is 0 Å². The average Bonchev–Trinajstić information content (AvgIpc) is 3.33. The SMILES string of the molecule is CCc1ccc(C2C(S(=O)(=O)c3ccc(C)cc3)C2(C#N)CO)cc1. The maximum atomic E-state index is 13.1. The highest BCUT2D eigenvalue weighted by atomic mass is 32.2. The second kappa shape index (κ2) is 6.29. The van der Waals surface area contributed by atoms with E-state index in [1.165, 1.54) is 0 Å². The molecule has 3 rings (SSSR count). The summed E-state index contributed by atoms with van der Waals surface area (Å²) in [5.41, 5.74) is 1.62. The first-order valence-corrected chi connectivity index (χ1v) is 9.87. The minimum absolute atomic E-state index is 0.198. The van der Waals surface area contributed by atoms with E-state index in [0.717, 1.165) is 23.1 Å². The molecule has 0 spiro atoms. The molecule has 0 amide bonds. The zero-order chi connectivity index (χ0) is 18.2. The lowest BCUT2D eigenvalue weighted by Gasteiger charge is -2.06. The van der Waals surface area contributed by atoms with E-state index in [1.807, 2.05) is 38.1 Å². The van der Waals surface area contributed by atoms with Crippen molar-refractivity contribution in [2.24, 2.45) is 5.41 Å². The Hall–Kier alpha value is -2.16. The van der Waals surface area contributed by atoms with Crippen LogP contribution in [0.2, 0.25) is 0 Å². The minimum atomic E-state index is -3.71. The van der Waals surface area contributed by atoms with Crippen molar-refractivity contribution >= 4 is 9.84 Å². The van der Waals surface area contributed by atoms with Gasteiger partial charge in [0.15, 0.2) is 9.84 Å². The van der Waals surface area contributed by atoms with Crippen LogP contribution >= 0.6 is 0 Å². The van der Waals surface area contributed by atoms with Gasteiger partial charge in [0.05, 0.1) is 22.8 Å². The monoisotopic (exact) mass is 355 g/mol. The third-order valence-electron chi connectivity index (χ3n) is 5.16. The standard InChI is InChI=1S/C20H21NO3S/c1-3-15-6-8-16(9-7-15)18-19(20(18,12-21)13-22)25(23,24)17-10-4-14(2)5-11-17/h4-11,18-19,22H,3,13H2,1-2H3. The summed E-state index contributed by atoms with van der Waals surface area (Å²) in [6.07, 6.45) is 0.888. The van der Waals surface area contributed by atoms with E-state index in [9.17, 15) is 18.8 Å². The second-order valence-corrected chi connectivity index (χ2v) is 8.73. The number of hydrogen-bond donors (Lipinski definition) is 1. The molecular weight excluding hydrogens is 334 g/mol. The molecule has 1 aliphatic carbocycles. The zero-order valence-corrected chi connectivity index (χ0v) is 15.1. The van der Waals surface area contributed by atoms with E-state index in [1.54, 1.807) is 24.3 Å². The summed E-state index contributed by atoms with van der Waals surface area (Å²) in [6, 6.07) is 16.3. The quantitative estimate of drug-likeness (QED) is 0.894. The third kappa shape index (κ3) is 2.76. The Morgan fingerprint density at radius 1 is 1.12 bits per heavy atom. The van der Waals surface area contributed by atoms with Gasteiger partial charge in [0, 0.05) is 5.92 Å². The van der Waals surface area contributed by atoms with Crippen molar-refractivity contribution in [3.63, 3.8) is 0 Å². The van der Waals surface area contributed by atoms with Crippen LogP contribution in [0.15, 0.2) is 53.4 Å². The summed E-state index contributed by atoms with van der Waals surface area (Å²) in [7, 11) is -3.71. The average molecular weight is 355 g/mol. The van der Waals surface area contributed by atoms with Crippen LogP contribution in [-0.4, -0.2) is 25.4 Å². The number of aryl methyl sites for hydroxylation is 2. The Morgan fingerprint density at radius 2 is 1.72 bits per heavy atom. The maximum absolute atomic E-state index is 13.1. The molecule has 5 heteroatoms. The van der Waals surface area contributed by atoms with Crippen LogP contribution in [0.25, 0.3) is 0 Å². The summed E-state index contributed by atoms with van der Waals surface area (Å²) < 4.78 is 26.2. The second-order valence-electron chi connectivity index (χ2n) is 6.66. The molecule has 1 N–H and O–H groups in total. The van der Waals surface area contributed by atoms with E-state index in [-0.39, 0.29) is 4.90 Å². The number of aliphatic hydroxyl groups excluding tert-OH is 1. The molecule has 0 radical (unpaired) electrons. The van der Waals surface area contributed by atoms with Crippen molar-refractivity contribution in [1.29, 1.82) is 5.26 Å². The summed E-state index contributed by atoms with van der Waals surface area (Å²) in [5.74, 6) is -0.514. The largest absolute Gasteiger partial charge is 0.395 e. The molecule has 25 heavy (non-hydrogen) atoms. The molecule has 0 saturated heterocycles. The Kier molecular flexibility index (Phi) is 4.44. The van der Waals surface area contributed by atoms with E-state index in [4.69, 9.17) is 0 Å². The summed E-state index contributed by atoms with van der Waals surface area (Å²) in [4.78, 5) is 0.198. The molecule has 0 bridgehead atoms. The molecule has 2 aromatic rings. The smallest absolute Gasteiger partial charge is 0.183 e. The normalized spacial score (nSPS) is 25.4. The summed E-state index contributed by atoms with van der Waals surface area (Å²) in [5, 5.41) is 18.5. The fourth-order valence-electron chi connectivity index (χ4n) is 3.53. The Bertz CT molecular complexity index is 911. The topological polar surface area (TPSA) is 78.2 Å². The van der Waals surface area contributed by atoms with Gasteiger partial charge in [0.2, 0.25) is 0 Å². The van der Waals surface area contributed by atoms with Crippen LogP contribution in [0.3, 0.4) is 0 Å². The predicted octanol–water partition coefficient (Wildman–Crippen LogP) is 3.00. The van der Waals surface area contributed by atoms with Crippen LogP contribution in [0.5, 0.6) is 0 Å². The van der Waals surface area contributed by atoms with Crippen molar-refractivity contribution in [3.8, 4) is 6.07 Å². The van der Waals surface area contributed by atoms with Crippen LogP contribution in [-0.2, 0) is 16.3 Å². The van der Waals surface area contributed by atoms with E-state index in [0.29, 0.717) is 0 Å². The molecule has 3 atom stereocenters. The minimum Gasteiger partial charge on any atom is -0.395 e. The van der Waals surface area contributed by atoms with Gasteiger partial charge in [-0.2, -0.15) is 5.26 Å². The van der Waals surface area contributed by atoms with Gasteiger partial charge in [-0.25, -0.2) is 8.42 Å². The number of benzene rings is 2. The highest BCUT2D eigenvalue weighted by Crippen LogP contribution is 2.63. The fourth-order valence-corrected chi connectivity index (χ4v) is 5.84. The number of nitrogens with zero attached hydrogens (tertiary/aromatic N) is 1. The molecular formula is C20H21NO3S. The zero-order valence-electron chi connectivity index (χ0n) is 14.3. The molecule has 4 nitrogen and oxygen atoms in total. The van der Waals surface area contributed by atoms with Crippen LogP contribution in [0.4, 0.5) is 0 Å².